The molecule has 1 aliphatic rings. The zero-order chi connectivity index (χ0) is 32.2. The highest BCUT2D eigenvalue weighted by Gasteiger charge is 2.35. The fourth-order valence-corrected chi connectivity index (χ4v) is 11.7. The molecule has 2 heterocycles. The van der Waals surface area contributed by atoms with E-state index in [4.69, 9.17) is 4.98 Å². The van der Waals surface area contributed by atoms with Crippen LogP contribution in [0.25, 0.3) is 58.7 Å². The fourth-order valence-electron chi connectivity index (χ4n) is 7.37. The first-order chi connectivity index (χ1) is 23.6. The molecule has 2 aromatic heterocycles. The highest BCUT2D eigenvalue weighted by Crippen LogP contribution is 2.57. The molecule has 230 valence electrons. The Balaban J connectivity index is 1.17. The minimum Gasteiger partial charge on any atom is -0.309 e. The number of nitrogens with zero attached hydrogens (tertiary/aromatic N) is 1. The summed E-state index contributed by atoms with van der Waals surface area (Å²) in [5.74, 6) is 0.165. The second kappa shape index (κ2) is 11.6. The molecule has 0 N–H and O–H groups in total. The molecule has 4 heteroatoms. The Morgan fingerprint density at radius 1 is 0.646 bits per heavy atom. The van der Waals surface area contributed by atoms with Crippen LogP contribution in [0.2, 0.25) is 0 Å². The Labute approximate surface area is 284 Å². The van der Waals surface area contributed by atoms with Crippen LogP contribution in [-0.4, -0.2) is 4.98 Å². The molecule has 0 saturated carbocycles. The minimum absolute atomic E-state index is 0.165. The van der Waals surface area contributed by atoms with E-state index in [-0.39, 0.29) is 5.92 Å². The van der Waals surface area contributed by atoms with Gasteiger partial charge < -0.3 is 4.57 Å². The highest BCUT2D eigenvalue weighted by molar-refractivity contribution is 7.82. The fraction of sp³-hybridized carbons (Fsp3) is 0.0682. The molecular formula is C44H32NOPS. The van der Waals surface area contributed by atoms with Crippen molar-refractivity contribution in [1.82, 2.24) is 4.98 Å². The summed E-state index contributed by atoms with van der Waals surface area (Å²) in [6.45, 7) is 2.20. The number of fused-ring (bicyclic) bond motifs is 7. The molecule has 0 fully saturated rings. The molecule has 1 atom stereocenters. The summed E-state index contributed by atoms with van der Waals surface area (Å²) >= 11 is 1.82. The summed E-state index contributed by atoms with van der Waals surface area (Å²) in [6.07, 6.45) is 5.34. The molecule has 1 unspecified atom stereocenters. The normalized spacial score (nSPS) is 15.2. The van der Waals surface area contributed by atoms with Crippen LogP contribution < -0.4 is 10.6 Å². The van der Waals surface area contributed by atoms with Crippen molar-refractivity contribution in [2.45, 2.75) is 13.3 Å². The van der Waals surface area contributed by atoms with Crippen LogP contribution in [0.5, 0.6) is 0 Å². The SMILES string of the molecule is CC1CC=C(c2ccc(-c3nc4ccc5ccccc5c4c4c3sc3ccccc34)cc2)C=C1P(=O)(c1ccccc1)c1ccccc1. The minimum atomic E-state index is -3.04. The van der Waals surface area contributed by atoms with Crippen LogP contribution in [0.3, 0.4) is 0 Å². The van der Waals surface area contributed by atoms with Gasteiger partial charge >= 0.3 is 0 Å². The molecule has 9 rings (SSSR count). The standard InChI is InChI=1S/C44H32NOPS/c1-29-20-21-33(28-39(29)47(46,34-13-4-2-5-14-34)35-15-6-3-7-16-35)30-22-24-32(25-23-30)43-44-42(37-18-10-11-19-40(37)48-44)41-36-17-9-8-12-31(36)26-27-38(41)45-43/h2-19,21-29H,20H2,1H3. The van der Waals surface area contributed by atoms with Gasteiger partial charge in [0.1, 0.15) is 0 Å². The summed E-state index contributed by atoms with van der Waals surface area (Å²) in [5.41, 5.74) is 5.36. The first-order valence-corrected chi connectivity index (χ1v) is 19.0. The Hall–Kier alpha value is -5.08. The topological polar surface area (TPSA) is 30.0 Å². The molecule has 8 aromatic rings. The maximum Gasteiger partial charge on any atom is 0.167 e. The van der Waals surface area contributed by atoms with Crippen molar-refractivity contribution in [3.8, 4) is 11.3 Å². The van der Waals surface area contributed by atoms with Crippen LogP contribution >= 0.6 is 18.5 Å². The summed E-state index contributed by atoms with van der Waals surface area (Å²) in [5, 5.41) is 9.03. The molecular weight excluding hydrogens is 622 g/mol. The molecule has 6 aromatic carbocycles. The van der Waals surface area contributed by atoms with Gasteiger partial charge in [0.25, 0.3) is 0 Å². The molecule has 0 saturated heterocycles. The van der Waals surface area contributed by atoms with Crippen molar-refractivity contribution in [2.75, 3.05) is 0 Å². The quantitative estimate of drug-likeness (QED) is 0.137. The van der Waals surface area contributed by atoms with Crippen LogP contribution in [-0.2, 0) is 4.57 Å². The van der Waals surface area contributed by atoms with Crippen molar-refractivity contribution in [2.24, 2.45) is 5.92 Å². The summed E-state index contributed by atoms with van der Waals surface area (Å²) in [7, 11) is -3.04. The van der Waals surface area contributed by atoms with Crippen LogP contribution in [0.15, 0.2) is 163 Å². The average Bonchev–Trinajstić information content (AvgIpc) is 3.55. The number of allylic oxidation sites excluding steroid dienone is 4. The number of pyridine rings is 1. The van der Waals surface area contributed by atoms with Gasteiger partial charge in [-0.05, 0) is 52.5 Å². The highest BCUT2D eigenvalue weighted by atomic mass is 32.1. The van der Waals surface area contributed by atoms with Gasteiger partial charge in [-0.2, -0.15) is 0 Å². The predicted octanol–water partition coefficient (Wildman–Crippen LogP) is 11.7. The van der Waals surface area contributed by atoms with Crippen molar-refractivity contribution in [3.05, 3.63) is 169 Å². The second-order valence-corrected chi connectivity index (χ2v) is 16.5. The maximum atomic E-state index is 15.3. The average molecular weight is 654 g/mol. The molecule has 48 heavy (non-hydrogen) atoms. The number of benzene rings is 6. The van der Waals surface area contributed by atoms with E-state index in [0.717, 1.165) is 50.3 Å². The van der Waals surface area contributed by atoms with E-state index in [2.05, 4.69) is 104 Å². The molecule has 0 spiro atoms. The van der Waals surface area contributed by atoms with Gasteiger partial charge in [-0.25, -0.2) is 4.98 Å². The number of aromatic nitrogens is 1. The van der Waals surface area contributed by atoms with Crippen molar-refractivity contribution < 1.29 is 4.57 Å². The van der Waals surface area contributed by atoms with Gasteiger partial charge in [0.2, 0.25) is 0 Å². The monoisotopic (exact) mass is 653 g/mol. The van der Waals surface area contributed by atoms with Gasteiger partial charge in [0.05, 0.1) is 15.9 Å². The number of rotatable bonds is 5. The largest absolute Gasteiger partial charge is 0.309 e. The van der Waals surface area contributed by atoms with E-state index in [1.54, 1.807) is 0 Å². The number of hydrogen-bond acceptors (Lipinski definition) is 3. The Bertz CT molecular complexity index is 2570. The third kappa shape index (κ3) is 4.61. The maximum absolute atomic E-state index is 15.3. The lowest BCUT2D eigenvalue weighted by molar-refractivity contribution is 0.584. The summed E-state index contributed by atoms with van der Waals surface area (Å²) in [4.78, 5) is 5.33. The van der Waals surface area contributed by atoms with Gasteiger partial charge in [0.15, 0.2) is 7.14 Å². The smallest absolute Gasteiger partial charge is 0.167 e. The van der Waals surface area contributed by atoms with Crippen LogP contribution in [0.1, 0.15) is 18.9 Å². The van der Waals surface area contributed by atoms with E-state index < -0.39 is 7.14 Å². The lowest BCUT2D eigenvalue weighted by Gasteiger charge is -2.29. The lowest BCUT2D eigenvalue weighted by Crippen LogP contribution is -2.21. The zero-order valence-corrected chi connectivity index (χ0v) is 28.2. The van der Waals surface area contributed by atoms with Crippen molar-refractivity contribution in [1.29, 1.82) is 0 Å². The number of hydrogen-bond donors (Lipinski definition) is 0. The van der Waals surface area contributed by atoms with E-state index >= 15 is 4.57 Å². The molecule has 0 aliphatic heterocycles. The van der Waals surface area contributed by atoms with E-state index in [1.165, 1.54) is 36.3 Å². The van der Waals surface area contributed by atoms with E-state index in [0.29, 0.717) is 0 Å². The van der Waals surface area contributed by atoms with Gasteiger partial charge in [-0.15, -0.1) is 11.3 Å². The molecule has 0 bridgehead atoms. The van der Waals surface area contributed by atoms with Crippen LogP contribution in [0.4, 0.5) is 0 Å². The lowest BCUT2D eigenvalue weighted by atomic mass is 9.93. The number of thiophene rings is 1. The van der Waals surface area contributed by atoms with Crippen LogP contribution in [0, 0.1) is 5.92 Å². The molecule has 0 amide bonds. The Morgan fingerprint density at radius 3 is 2.00 bits per heavy atom. The van der Waals surface area contributed by atoms with E-state index in [1.807, 2.05) is 72.0 Å². The van der Waals surface area contributed by atoms with Gasteiger partial charge in [-0.3, -0.25) is 0 Å². The molecule has 1 aliphatic carbocycles. The zero-order valence-electron chi connectivity index (χ0n) is 26.5. The first kappa shape index (κ1) is 29.1. The van der Waals surface area contributed by atoms with Crippen molar-refractivity contribution in [3.63, 3.8) is 0 Å². The van der Waals surface area contributed by atoms with Crippen molar-refractivity contribution >= 4 is 76.5 Å². The predicted molar refractivity (Wildman–Crippen MR) is 207 cm³/mol. The first-order valence-electron chi connectivity index (χ1n) is 16.5. The Kier molecular flexibility index (Phi) is 7.01. The molecule has 0 radical (unpaired) electrons. The third-order valence-electron chi connectivity index (χ3n) is 9.79. The summed E-state index contributed by atoms with van der Waals surface area (Å²) < 4.78 is 17.8. The van der Waals surface area contributed by atoms with Gasteiger partial charge in [-0.1, -0.05) is 146 Å². The molecule has 2 nitrogen and oxygen atoms in total. The van der Waals surface area contributed by atoms with Gasteiger partial charge in [0, 0.05) is 42.3 Å². The second-order valence-electron chi connectivity index (χ2n) is 12.7. The van der Waals surface area contributed by atoms with E-state index in [9.17, 15) is 0 Å². The third-order valence-corrected chi connectivity index (χ3v) is 14.3. The Morgan fingerprint density at radius 2 is 1.27 bits per heavy atom. The summed E-state index contributed by atoms with van der Waals surface area (Å²) in [6, 6.07) is 50.5.